The third-order valence-corrected chi connectivity index (χ3v) is 16.9. The molecule has 3 radical (unpaired) electrons. The molecule has 131 heavy (non-hydrogen) atoms. The van der Waals surface area contributed by atoms with Gasteiger partial charge in [0.25, 0.3) is 0 Å². The molecular weight excluding hydrogens is 1870 g/mol. The number of carboxylic acids is 2. The Hall–Kier alpha value is -16.7. The molecule has 0 aliphatic heterocycles. The van der Waals surface area contributed by atoms with Crippen LogP contribution in [0.15, 0.2) is 293 Å². The fourth-order valence-corrected chi connectivity index (χ4v) is 11.6. The number of rotatable bonds is 2. The van der Waals surface area contributed by atoms with Crippen molar-refractivity contribution in [2.45, 2.75) is 0 Å². The Balaban J connectivity index is 0.000000224. The average molecular weight is 1920 g/mol. The molecule has 32 nitrogen and oxygen atoms in total. The quantitative estimate of drug-likeness (QED) is 0.0295. The number of benzene rings is 8. The van der Waals surface area contributed by atoms with E-state index in [-0.39, 0.29) is 51.2 Å². The molecule has 20 aromatic rings. The molecule has 0 fully saturated rings. The van der Waals surface area contributed by atoms with Crippen LogP contribution in [0.2, 0.25) is 0 Å². The molecule has 0 saturated carbocycles. The summed E-state index contributed by atoms with van der Waals surface area (Å²) in [6, 6.07) is 72.8. The third-order valence-electron chi connectivity index (χ3n) is 16.9. The number of hydrogen-bond donors (Lipinski definition) is 0. The molecule has 8 aromatic carbocycles. The Labute approximate surface area is 756 Å². The second kappa shape index (κ2) is 49.8. The summed E-state index contributed by atoms with van der Waals surface area (Å²) in [7, 11) is 0. The summed E-state index contributed by atoms with van der Waals surface area (Å²) < 4.78 is 124. The minimum Gasteiger partial charge on any atom is -0.545 e. The van der Waals surface area contributed by atoms with Gasteiger partial charge >= 0.3 is 51.2 Å². The monoisotopic (exact) mass is 1920 g/mol. The van der Waals surface area contributed by atoms with Crippen LogP contribution in [0.25, 0.3) is 131 Å². The van der Waals surface area contributed by atoms with Gasteiger partial charge in [-0.05, 0) is 72.8 Å². The fraction of sp³-hybridized carbons (Fsp3) is 0. The van der Waals surface area contributed by atoms with E-state index < -0.39 is 102 Å². The number of carbonyl (C=O) groups excluding carboxylic acids is 2. The first-order valence-electron chi connectivity index (χ1n) is 35.6. The molecule has 0 bridgehead atoms. The average Bonchev–Trinajstić information content (AvgIpc) is 0.654. The summed E-state index contributed by atoms with van der Waals surface area (Å²) in [5.74, 6) is -28.7. The topological polar surface area (TPSA) is 500 Å². The number of halogens is 10. The van der Waals surface area contributed by atoms with Gasteiger partial charge in [-0.3, -0.25) is 59.8 Å². The van der Waals surface area contributed by atoms with Crippen LogP contribution in [0.1, 0.15) is 20.7 Å². The van der Waals surface area contributed by atoms with Gasteiger partial charge in [-0.15, -0.1) is 0 Å². The number of carbonyl (C=O) groups is 2. The molecule has 20 rings (SSSR count). The Morgan fingerprint density at radius 3 is 0.351 bits per heavy atom. The van der Waals surface area contributed by atoms with Crippen LogP contribution >= 0.6 is 0 Å². The molecule has 0 amide bonds. The van der Waals surface area contributed by atoms with Crippen LogP contribution in [0.4, 0.5) is 43.9 Å². The molecule has 0 aliphatic rings. The van der Waals surface area contributed by atoms with Crippen molar-refractivity contribution in [3.8, 4) is 0 Å². The number of pyridine rings is 12. The summed E-state index contributed by atoms with van der Waals surface area (Å²) in [5, 5.41) is 92.7. The zero-order valence-corrected chi connectivity index (χ0v) is 68.9. The van der Waals surface area contributed by atoms with E-state index in [1.165, 1.54) is 0 Å². The van der Waals surface area contributed by atoms with Crippen LogP contribution in [-0.2, 0) is 51.2 Å². The van der Waals surface area contributed by atoms with Gasteiger partial charge in [0, 0.05) is 139 Å². The van der Waals surface area contributed by atoms with Gasteiger partial charge in [-0.2, -0.15) is 0 Å². The molecule has 0 unspecified atom stereocenters. The van der Waals surface area contributed by atoms with Crippen molar-refractivity contribution in [3.05, 3.63) is 423 Å². The van der Waals surface area contributed by atoms with E-state index in [1.807, 2.05) is 72.8 Å². The van der Waals surface area contributed by atoms with E-state index in [1.54, 1.807) is 74.4 Å². The Morgan fingerprint density at radius 1 is 0.183 bits per heavy atom. The zero-order valence-electron chi connectivity index (χ0n) is 65.3. The number of carboxylic acid groups (broad SMARTS) is 2. The Morgan fingerprint density at radius 2 is 0.267 bits per heavy atom. The second-order valence-corrected chi connectivity index (χ2v) is 24.7. The predicted molar refractivity (Wildman–Crippen MR) is 445 cm³/mol. The first kappa shape index (κ1) is 103. The number of fused-ring (bicyclic) bond motifs is 18. The summed E-state index contributed by atoms with van der Waals surface area (Å²) in [5.41, 5.74) is 7.79. The molecule has 0 spiro atoms. The SMILES string of the molecule is O=C([O-])c1c(F)c(F)c(F)c(F)c1F.O=C([O-])c1c(F)c(F)c(F)c(F)c1F.O=[N+]([O-])[O-].O=[N+]([O-])[O-].O=[N+]([O-])[O-].O=[N+]([O-])[O-].[Mn+2].[Mn+2].[Mn+2].c1cnc2c(c1)ccc1cccnc12.c1cnc2c(c1)ccc1cccnc12.c1cnc2c(c1)ccc1cccnc12.c1cnc2c(c1)ccc1cccnc12.c1cnc2c(c1)ccc1cccnc12.c1cnc2c(c1)ccc1cccnc12. The van der Waals surface area contributed by atoms with Crippen molar-refractivity contribution in [2.75, 3.05) is 0 Å². The largest absolute Gasteiger partial charge is 2.00 e. The standard InChI is InChI=1S/6C12H8N2.2C7HF5O2.3Mn.4NO3/c6*1-3-9-5-6-10-4-2-8-14-12(10)11(9)13-7-1;2*8-2-1(7(13)14)3(9)5(11)6(12)4(2)10;;;;4*2-1(3)4/h6*1-8H;2*(H,13,14);;;;;;;/q;;;;;;;;3*+2;4*-1/p-2. The molecule has 12 heterocycles. The van der Waals surface area contributed by atoms with E-state index in [0.29, 0.717) is 0 Å². The van der Waals surface area contributed by atoms with Gasteiger partial charge in [0.05, 0.1) is 110 Å². The molecule has 12 aromatic heterocycles. The van der Waals surface area contributed by atoms with E-state index >= 15 is 0 Å². The van der Waals surface area contributed by atoms with E-state index in [2.05, 4.69) is 205 Å². The molecule has 0 atom stereocenters. The third kappa shape index (κ3) is 27.6. The van der Waals surface area contributed by atoms with E-state index in [4.69, 9.17) is 61.3 Å². The fourth-order valence-electron chi connectivity index (χ4n) is 11.6. The molecular formula is C86H48F10Mn3N16O16. The van der Waals surface area contributed by atoms with Crippen molar-refractivity contribution in [3.63, 3.8) is 0 Å². The maximum absolute atomic E-state index is 12.5. The summed E-state index contributed by atoms with van der Waals surface area (Å²) in [6.07, 6.45) is 21.6. The van der Waals surface area contributed by atoms with Crippen molar-refractivity contribution < 1.29 is 135 Å². The normalized spacial score (nSPS) is 9.91. The molecule has 659 valence electrons. The van der Waals surface area contributed by atoms with Crippen molar-refractivity contribution in [1.82, 2.24) is 59.8 Å². The van der Waals surface area contributed by atoms with Crippen molar-refractivity contribution >= 4 is 143 Å². The van der Waals surface area contributed by atoms with E-state index in [0.717, 1.165) is 131 Å². The van der Waals surface area contributed by atoms with Gasteiger partial charge in [0.15, 0.2) is 46.5 Å². The van der Waals surface area contributed by atoms with Crippen LogP contribution in [0.3, 0.4) is 0 Å². The zero-order chi connectivity index (χ0) is 92.7. The predicted octanol–water partition coefficient (Wildman–Crippen LogP) is 17.2. The minimum absolute atomic E-state index is 0. The van der Waals surface area contributed by atoms with Gasteiger partial charge < -0.3 is 81.1 Å². The molecule has 0 saturated heterocycles. The summed E-state index contributed by atoms with van der Waals surface area (Å²) in [4.78, 5) is 105. The van der Waals surface area contributed by atoms with Crippen LogP contribution in [0.5, 0.6) is 0 Å². The van der Waals surface area contributed by atoms with Crippen LogP contribution < -0.4 is 10.2 Å². The second-order valence-electron chi connectivity index (χ2n) is 24.7. The first-order chi connectivity index (χ1) is 61.4. The maximum Gasteiger partial charge on any atom is 2.00 e. The van der Waals surface area contributed by atoms with Gasteiger partial charge in [-0.1, -0.05) is 146 Å². The Kier molecular flexibility index (Phi) is 39.2. The van der Waals surface area contributed by atoms with Gasteiger partial charge in [0.2, 0.25) is 11.6 Å². The number of aromatic carboxylic acids is 2. The summed E-state index contributed by atoms with van der Waals surface area (Å²) >= 11 is 0. The van der Waals surface area contributed by atoms with Gasteiger partial charge in [0.1, 0.15) is 0 Å². The maximum atomic E-state index is 12.5. The first-order valence-corrected chi connectivity index (χ1v) is 35.6. The Bertz CT molecular complexity index is 6100. The smallest absolute Gasteiger partial charge is 0.545 e. The number of aromatic nitrogens is 12. The number of hydrogen-bond acceptors (Lipinski definition) is 28. The number of nitrogens with zero attached hydrogens (tertiary/aromatic N) is 16. The van der Waals surface area contributed by atoms with E-state index in [9.17, 15) is 63.7 Å². The van der Waals surface area contributed by atoms with Crippen molar-refractivity contribution in [1.29, 1.82) is 0 Å². The van der Waals surface area contributed by atoms with Gasteiger partial charge in [-0.25, -0.2) is 43.9 Å². The van der Waals surface area contributed by atoms with Crippen LogP contribution in [0, 0.1) is 119 Å². The van der Waals surface area contributed by atoms with Crippen LogP contribution in [-0.4, -0.2) is 92.1 Å². The van der Waals surface area contributed by atoms with Crippen molar-refractivity contribution in [2.24, 2.45) is 0 Å². The minimum atomic E-state index is -2.47. The molecule has 45 heteroatoms. The molecule has 0 N–H and O–H groups in total. The summed E-state index contributed by atoms with van der Waals surface area (Å²) in [6.45, 7) is 0. The molecule has 0 aliphatic carbocycles.